The Morgan fingerprint density at radius 2 is 2.08 bits per heavy atom. The fourth-order valence-corrected chi connectivity index (χ4v) is 2.39. The number of nitrogens with zero attached hydrogens (tertiary/aromatic N) is 2. The average Bonchev–Trinajstić information content (AvgIpc) is 2.92. The molecule has 1 unspecified atom stereocenters. The summed E-state index contributed by atoms with van der Waals surface area (Å²) in [5, 5.41) is 12.6. The Morgan fingerprint density at radius 3 is 2.62 bits per heavy atom. The maximum absolute atomic E-state index is 13.3. The number of carbonyl (C=O) groups is 1. The van der Waals surface area contributed by atoms with Crippen LogP contribution in [0.5, 0.6) is 0 Å². The van der Waals surface area contributed by atoms with E-state index in [1.165, 1.54) is 19.4 Å². The van der Waals surface area contributed by atoms with Crippen LogP contribution < -0.4 is 5.32 Å². The van der Waals surface area contributed by atoms with Crippen molar-refractivity contribution in [3.63, 3.8) is 0 Å². The van der Waals surface area contributed by atoms with E-state index in [0.717, 1.165) is 10.1 Å². The van der Waals surface area contributed by atoms with Gasteiger partial charge in [-0.15, -0.1) is 0 Å². The summed E-state index contributed by atoms with van der Waals surface area (Å²) in [7, 11) is 1.37. The molecule has 0 spiro atoms. The number of nitrogens with one attached hydrogen (secondary N) is 1. The van der Waals surface area contributed by atoms with E-state index >= 15 is 0 Å². The summed E-state index contributed by atoms with van der Waals surface area (Å²) in [6.07, 6.45) is -3.16. The Morgan fingerprint density at radius 1 is 1.38 bits per heavy atom. The quantitative estimate of drug-likeness (QED) is 0.877. The van der Waals surface area contributed by atoms with Crippen molar-refractivity contribution in [2.24, 2.45) is 7.05 Å². The summed E-state index contributed by atoms with van der Waals surface area (Å²) in [6.45, 7) is 1.45. The van der Waals surface area contributed by atoms with Crippen molar-refractivity contribution < 1.29 is 23.1 Å². The fraction of sp³-hybridized carbons (Fsp3) is 0.375. The van der Waals surface area contributed by atoms with E-state index in [1.807, 2.05) is 0 Å². The summed E-state index contributed by atoms with van der Waals surface area (Å²) in [5.74, 6) is -1.01. The molecule has 2 rings (SSSR count). The van der Waals surface area contributed by atoms with Gasteiger partial charge in [0, 0.05) is 38.0 Å². The van der Waals surface area contributed by atoms with Crippen LogP contribution in [0.1, 0.15) is 28.2 Å². The SMILES string of the molecule is Cc1cccc(C(=O)NCCC(O)(c2nccn2C)C(F)(F)F)c1. The van der Waals surface area contributed by atoms with Gasteiger partial charge in [-0.1, -0.05) is 17.7 Å². The van der Waals surface area contributed by atoms with Crippen LogP contribution in [-0.2, 0) is 12.6 Å². The number of aliphatic hydroxyl groups is 1. The van der Waals surface area contributed by atoms with Crippen LogP contribution in [-0.4, -0.2) is 33.3 Å². The first-order valence-electron chi connectivity index (χ1n) is 7.27. The Labute approximate surface area is 137 Å². The first kappa shape index (κ1) is 18.0. The molecule has 0 saturated heterocycles. The van der Waals surface area contributed by atoms with E-state index < -0.39 is 29.9 Å². The first-order chi connectivity index (χ1) is 11.1. The third-order valence-electron chi connectivity index (χ3n) is 3.71. The van der Waals surface area contributed by atoms with Gasteiger partial charge in [0.05, 0.1) is 0 Å². The van der Waals surface area contributed by atoms with E-state index in [0.29, 0.717) is 5.56 Å². The first-order valence-corrected chi connectivity index (χ1v) is 7.27. The van der Waals surface area contributed by atoms with Gasteiger partial charge in [0.2, 0.25) is 5.60 Å². The van der Waals surface area contributed by atoms with Gasteiger partial charge in [-0.25, -0.2) is 4.98 Å². The van der Waals surface area contributed by atoms with Crippen LogP contribution in [0, 0.1) is 6.92 Å². The highest BCUT2D eigenvalue weighted by molar-refractivity contribution is 5.94. The molecule has 2 N–H and O–H groups in total. The fourth-order valence-electron chi connectivity index (χ4n) is 2.39. The van der Waals surface area contributed by atoms with Crippen LogP contribution in [0.25, 0.3) is 0 Å². The molecule has 130 valence electrons. The summed E-state index contributed by atoms with van der Waals surface area (Å²) in [4.78, 5) is 15.6. The molecule has 0 aliphatic rings. The molecule has 0 bridgehead atoms. The summed E-state index contributed by atoms with van der Waals surface area (Å²) >= 11 is 0. The number of rotatable bonds is 5. The van der Waals surface area contributed by atoms with Crippen LogP contribution in [0.2, 0.25) is 0 Å². The van der Waals surface area contributed by atoms with Gasteiger partial charge in [-0.2, -0.15) is 13.2 Å². The largest absolute Gasteiger partial charge is 0.424 e. The number of hydrogen-bond donors (Lipinski definition) is 2. The van der Waals surface area contributed by atoms with E-state index in [-0.39, 0.29) is 6.54 Å². The molecule has 2 aromatic rings. The molecule has 8 heteroatoms. The van der Waals surface area contributed by atoms with Gasteiger partial charge in [0.1, 0.15) is 5.82 Å². The lowest BCUT2D eigenvalue weighted by molar-refractivity contribution is -0.272. The zero-order valence-corrected chi connectivity index (χ0v) is 13.3. The van der Waals surface area contributed by atoms with Crippen molar-refractivity contribution in [3.8, 4) is 0 Å². The third-order valence-corrected chi connectivity index (χ3v) is 3.71. The van der Waals surface area contributed by atoms with Gasteiger partial charge in [0.25, 0.3) is 5.91 Å². The van der Waals surface area contributed by atoms with Crippen molar-refractivity contribution in [2.45, 2.75) is 25.1 Å². The van der Waals surface area contributed by atoms with E-state index in [9.17, 15) is 23.1 Å². The van der Waals surface area contributed by atoms with Crippen LogP contribution in [0.4, 0.5) is 13.2 Å². The monoisotopic (exact) mass is 341 g/mol. The molecule has 0 saturated carbocycles. The molecular formula is C16H18F3N3O2. The zero-order valence-electron chi connectivity index (χ0n) is 13.3. The second kappa shape index (κ2) is 6.64. The molecule has 0 fully saturated rings. The molecule has 1 heterocycles. The molecule has 0 radical (unpaired) electrons. The molecule has 0 aliphatic carbocycles. The highest BCUT2D eigenvalue weighted by Crippen LogP contribution is 2.40. The minimum absolute atomic E-state index is 0.350. The summed E-state index contributed by atoms with van der Waals surface area (Å²) in [5.41, 5.74) is -1.92. The minimum Gasteiger partial charge on any atom is -0.374 e. The second-order valence-electron chi connectivity index (χ2n) is 5.60. The number of imidazole rings is 1. The average molecular weight is 341 g/mol. The van der Waals surface area contributed by atoms with Crippen LogP contribution >= 0.6 is 0 Å². The molecule has 1 atom stereocenters. The van der Waals surface area contributed by atoms with Gasteiger partial charge in [-0.05, 0) is 19.1 Å². The maximum atomic E-state index is 13.3. The number of carbonyl (C=O) groups excluding carboxylic acids is 1. The summed E-state index contributed by atoms with van der Waals surface area (Å²) in [6, 6.07) is 6.69. The molecule has 1 aromatic heterocycles. The van der Waals surface area contributed by atoms with Crippen molar-refractivity contribution in [3.05, 3.63) is 53.6 Å². The van der Waals surface area contributed by atoms with Crippen molar-refractivity contribution >= 4 is 5.91 Å². The lowest BCUT2D eigenvalue weighted by Crippen LogP contribution is -2.46. The van der Waals surface area contributed by atoms with E-state index in [2.05, 4.69) is 10.3 Å². The van der Waals surface area contributed by atoms with Gasteiger partial charge < -0.3 is 15.0 Å². The maximum Gasteiger partial charge on any atom is 0.424 e. The Kier molecular flexibility index (Phi) is 4.98. The standard InChI is InChI=1S/C16H18F3N3O2/c1-11-4-3-5-12(10-11)13(23)20-7-6-15(24,16(17,18)19)14-21-8-9-22(14)2/h3-5,8-10,24H,6-7H2,1-2H3,(H,20,23). The number of hydrogen-bond acceptors (Lipinski definition) is 3. The van der Waals surface area contributed by atoms with Crippen molar-refractivity contribution in [1.82, 2.24) is 14.9 Å². The second-order valence-corrected chi connectivity index (χ2v) is 5.60. The lowest BCUT2D eigenvalue weighted by Gasteiger charge is -2.30. The van der Waals surface area contributed by atoms with Crippen molar-refractivity contribution in [1.29, 1.82) is 0 Å². The van der Waals surface area contributed by atoms with Gasteiger partial charge >= 0.3 is 6.18 Å². The lowest BCUT2D eigenvalue weighted by atomic mass is 9.97. The molecule has 1 amide bonds. The molecule has 5 nitrogen and oxygen atoms in total. The topological polar surface area (TPSA) is 67.2 Å². The van der Waals surface area contributed by atoms with E-state index in [4.69, 9.17) is 0 Å². The number of aromatic nitrogens is 2. The Balaban J connectivity index is 2.10. The third kappa shape index (κ3) is 3.59. The van der Waals surface area contributed by atoms with Crippen LogP contribution in [0.3, 0.4) is 0 Å². The van der Waals surface area contributed by atoms with Crippen LogP contribution in [0.15, 0.2) is 36.7 Å². The number of alkyl halides is 3. The number of aryl methyl sites for hydroxylation is 2. The highest BCUT2D eigenvalue weighted by atomic mass is 19.4. The molecule has 24 heavy (non-hydrogen) atoms. The molecule has 0 aliphatic heterocycles. The highest BCUT2D eigenvalue weighted by Gasteiger charge is 2.57. The number of benzene rings is 1. The van der Waals surface area contributed by atoms with Gasteiger partial charge in [-0.3, -0.25) is 4.79 Å². The predicted octanol–water partition coefficient (Wildman–Crippen LogP) is 2.30. The Hall–Kier alpha value is -2.35. The summed E-state index contributed by atoms with van der Waals surface area (Å²) < 4.78 is 41.1. The minimum atomic E-state index is -4.92. The van der Waals surface area contributed by atoms with Gasteiger partial charge in [0.15, 0.2) is 0 Å². The number of halogens is 3. The van der Waals surface area contributed by atoms with Crippen molar-refractivity contribution in [2.75, 3.05) is 6.54 Å². The predicted molar refractivity (Wildman–Crippen MR) is 81.3 cm³/mol. The zero-order chi connectivity index (χ0) is 18.0. The number of amides is 1. The molecular weight excluding hydrogens is 323 g/mol. The smallest absolute Gasteiger partial charge is 0.374 e. The van der Waals surface area contributed by atoms with E-state index in [1.54, 1.807) is 31.2 Å². The molecule has 1 aromatic carbocycles. The Bertz CT molecular complexity index is 727. The normalized spacial score (nSPS) is 14.2.